The highest BCUT2D eigenvalue weighted by Crippen LogP contribution is 2.21. The van der Waals surface area contributed by atoms with E-state index in [1.807, 2.05) is 24.3 Å². The van der Waals surface area contributed by atoms with Gasteiger partial charge in [-0.05, 0) is 41.5 Å². The maximum atomic E-state index is 12.2. The zero-order valence-corrected chi connectivity index (χ0v) is 13.0. The van der Waals surface area contributed by atoms with E-state index in [4.69, 9.17) is 0 Å². The van der Waals surface area contributed by atoms with E-state index < -0.39 is 0 Å². The molecule has 0 radical (unpaired) electrons. The highest BCUT2D eigenvalue weighted by molar-refractivity contribution is 5.91. The van der Waals surface area contributed by atoms with Crippen molar-refractivity contribution in [3.63, 3.8) is 0 Å². The summed E-state index contributed by atoms with van der Waals surface area (Å²) in [6, 6.07) is 14.2. The van der Waals surface area contributed by atoms with Crippen LogP contribution >= 0.6 is 0 Å². The molecular formula is C19H22N2O. The molecule has 0 saturated heterocycles. The first-order chi connectivity index (χ1) is 10.7. The van der Waals surface area contributed by atoms with Gasteiger partial charge in [-0.25, -0.2) is 5.43 Å². The Morgan fingerprint density at radius 2 is 2.00 bits per heavy atom. The summed E-state index contributed by atoms with van der Waals surface area (Å²) in [4.78, 5) is 12.2. The summed E-state index contributed by atoms with van der Waals surface area (Å²) < 4.78 is 0. The molecule has 22 heavy (non-hydrogen) atoms. The third kappa shape index (κ3) is 3.35. The molecule has 0 aromatic heterocycles. The second-order valence-electron chi connectivity index (χ2n) is 6.10. The zero-order valence-electron chi connectivity index (χ0n) is 13.0. The Kier molecular flexibility index (Phi) is 4.52. The van der Waals surface area contributed by atoms with Gasteiger partial charge in [0.2, 0.25) is 5.91 Å². The predicted molar refractivity (Wildman–Crippen MR) is 90.9 cm³/mol. The molecule has 0 aliphatic heterocycles. The Morgan fingerprint density at radius 3 is 2.86 bits per heavy atom. The van der Waals surface area contributed by atoms with Crippen LogP contribution in [0.25, 0.3) is 10.8 Å². The van der Waals surface area contributed by atoms with Crippen molar-refractivity contribution >= 4 is 22.4 Å². The first-order valence-corrected chi connectivity index (χ1v) is 8.06. The van der Waals surface area contributed by atoms with Gasteiger partial charge in [-0.15, -0.1) is 0 Å². The number of hydrazone groups is 1. The number of hydrogen-bond acceptors (Lipinski definition) is 2. The highest BCUT2D eigenvalue weighted by Gasteiger charge is 2.16. The molecule has 0 bridgehead atoms. The van der Waals surface area contributed by atoms with Gasteiger partial charge in [0, 0.05) is 5.71 Å². The number of benzene rings is 2. The summed E-state index contributed by atoms with van der Waals surface area (Å²) in [7, 11) is 0. The summed E-state index contributed by atoms with van der Waals surface area (Å²) in [5.74, 6) is 0.452. The summed E-state index contributed by atoms with van der Waals surface area (Å²) in [5.41, 5.74) is 4.93. The Bertz CT molecular complexity index is 700. The lowest BCUT2D eigenvalue weighted by atomic mass is 9.89. The molecule has 1 fully saturated rings. The SMILES string of the molecule is CC1CCCC/C1=N/NC(=O)Cc1cccc2ccccc12. The molecule has 1 atom stereocenters. The van der Waals surface area contributed by atoms with Crippen molar-refractivity contribution in [1.29, 1.82) is 0 Å². The predicted octanol–water partition coefficient (Wildman–Crippen LogP) is 4.06. The van der Waals surface area contributed by atoms with Crippen LogP contribution in [0.5, 0.6) is 0 Å². The fraction of sp³-hybridized carbons (Fsp3) is 0.368. The molecule has 3 heteroatoms. The monoisotopic (exact) mass is 294 g/mol. The highest BCUT2D eigenvalue weighted by atomic mass is 16.2. The van der Waals surface area contributed by atoms with Gasteiger partial charge >= 0.3 is 0 Å². The maximum Gasteiger partial charge on any atom is 0.244 e. The van der Waals surface area contributed by atoms with Crippen LogP contribution in [0.4, 0.5) is 0 Å². The fourth-order valence-corrected chi connectivity index (χ4v) is 3.13. The number of hydrogen-bond donors (Lipinski definition) is 1. The van der Waals surface area contributed by atoms with Crippen molar-refractivity contribution in [1.82, 2.24) is 5.43 Å². The number of fused-ring (bicyclic) bond motifs is 1. The van der Waals surface area contributed by atoms with E-state index >= 15 is 0 Å². The zero-order chi connectivity index (χ0) is 15.4. The quantitative estimate of drug-likeness (QED) is 0.852. The summed E-state index contributed by atoms with van der Waals surface area (Å²) in [6.07, 6.45) is 5.01. The largest absolute Gasteiger partial charge is 0.273 e. The lowest BCUT2D eigenvalue weighted by molar-refractivity contribution is -0.120. The Morgan fingerprint density at radius 1 is 1.18 bits per heavy atom. The molecule has 0 spiro atoms. The van der Waals surface area contributed by atoms with E-state index in [0.717, 1.165) is 23.1 Å². The molecule has 1 aliphatic rings. The van der Waals surface area contributed by atoms with Crippen molar-refractivity contribution < 1.29 is 4.79 Å². The van der Waals surface area contributed by atoms with E-state index in [0.29, 0.717) is 12.3 Å². The van der Waals surface area contributed by atoms with Crippen molar-refractivity contribution in [2.75, 3.05) is 0 Å². The van der Waals surface area contributed by atoms with Gasteiger partial charge in [0.1, 0.15) is 0 Å². The van der Waals surface area contributed by atoms with Crippen LogP contribution in [0.2, 0.25) is 0 Å². The Labute approximate surface area is 131 Å². The van der Waals surface area contributed by atoms with E-state index in [2.05, 4.69) is 35.7 Å². The summed E-state index contributed by atoms with van der Waals surface area (Å²) in [6.45, 7) is 2.19. The molecule has 1 unspecified atom stereocenters. The molecule has 1 aliphatic carbocycles. The van der Waals surface area contributed by atoms with Gasteiger partial charge in [0.05, 0.1) is 6.42 Å². The molecule has 3 nitrogen and oxygen atoms in total. The fourth-order valence-electron chi connectivity index (χ4n) is 3.13. The number of rotatable bonds is 3. The average molecular weight is 294 g/mol. The van der Waals surface area contributed by atoms with Gasteiger partial charge < -0.3 is 0 Å². The first kappa shape index (κ1) is 14.8. The van der Waals surface area contributed by atoms with Gasteiger partial charge in [-0.2, -0.15) is 5.10 Å². The summed E-state index contributed by atoms with van der Waals surface area (Å²) >= 11 is 0. The smallest absolute Gasteiger partial charge is 0.244 e. The number of carbonyl (C=O) groups is 1. The molecular weight excluding hydrogens is 272 g/mol. The van der Waals surface area contributed by atoms with Crippen molar-refractivity contribution in [2.24, 2.45) is 11.0 Å². The number of nitrogens with zero attached hydrogens (tertiary/aromatic N) is 1. The van der Waals surface area contributed by atoms with Crippen molar-refractivity contribution in [2.45, 2.75) is 39.0 Å². The van der Waals surface area contributed by atoms with Crippen LogP contribution in [-0.4, -0.2) is 11.6 Å². The van der Waals surface area contributed by atoms with E-state index in [1.165, 1.54) is 24.6 Å². The van der Waals surface area contributed by atoms with Gasteiger partial charge in [0.15, 0.2) is 0 Å². The topological polar surface area (TPSA) is 41.5 Å². The number of carbonyl (C=O) groups excluding carboxylic acids is 1. The first-order valence-electron chi connectivity index (χ1n) is 8.06. The van der Waals surface area contributed by atoms with Crippen LogP contribution in [0, 0.1) is 5.92 Å². The minimum absolute atomic E-state index is 0.0402. The van der Waals surface area contributed by atoms with E-state index in [1.54, 1.807) is 0 Å². The van der Waals surface area contributed by atoms with Gasteiger partial charge in [0.25, 0.3) is 0 Å². The van der Waals surface area contributed by atoms with Crippen molar-refractivity contribution in [3.05, 3.63) is 48.0 Å². The van der Waals surface area contributed by atoms with Crippen LogP contribution in [0.15, 0.2) is 47.6 Å². The Balaban J connectivity index is 1.70. The molecule has 1 N–H and O–H groups in total. The van der Waals surface area contributed by atoms with E-state index in [-0.39, 0.29) is 5.91 Å². The average Bonchev–Trinajstić information content (AvgIpc) is 2.54. The van der Waals surface area contributed by atoms with Crippen molar-refractivity contribution in [3.8, 4) is 0 Å². The normalized spacial score (nSPS) is 20.2. The second-order valence-corrected chi connectivity index (χ2v) is 6.10. The number of amides is 1. The van der Waals surface area contributed by atoms with Crippen LogP contribution in [0.3, 0.4) is 0 Å². The third-order valence-electron chi connectivity index (χ3n) is 4.44. The van der Waals surface area contributed by atoms with E-state index in [9.17, 15) is 4.79 Å². The minimum Gasteiger partial charge on any atom is -0.273 e. The van der Waals surface area contributed by atoms with Gasteiger partial charge in [-0.3, -0.25) is 4.79 Å². The molecule has 1 saturated carbocycles. The molecule has 1 amide bonds. The molecule has 0 heterocycles. The lowest BCUT2D eigenvalue weighted by Crippen LogP contribution is -2.25. The lowest BCUT2D eigenvalue weighted by Gasteiger charge is -2.19. The maximum absolute atomic E-state index is 12.2. The molecule has 3 rings (SSSR count). The number of nitrogens with one attached hydrogen (secondary N) is 1. The molecule has 2 aromatic rings. The van der Waals surface area contributed by atoms with Crippen LogP contribution in [0.1, 0.15) is 38.2 Å². The van der Waals surface area contributed by atoms with Crippen LogP contribution < -0.4 is 5.43 Å². The summed E-state index contributed by atoms with van der Waals surface area (Å²) in [5, 5.41) is 6.66. The Hall–Kier alpha value is -2.16. The third-order valence-corrected chi connectivity index (χ3v) is 4.44. The second kappa shape index (κ2) is 6.73. The standard InChI is InChI=1S/C19H22N2O/c1-14-7-2-5-12-18(14)20-21-19(22)13-16-10-6-9-15-8-3-4-11-17(15)16/h3-4,6,8-11,14H,2,5,7,12-13H2,1H3,(H,21,22)/b20-18-. The molecule has 114 valence electrons. The van der Waals surface area contributed by atoms with Gasteiger partial charge in [-0.1, -0.05) is 55.8 Å². The minimum atomic E-state index is -0.0402. The molecule has 2 aromatic carbocycles. The van der Waals surface area contributed by atoms with Crippen LogP contribution in [-0.2, 0) is 11.2 Å².